The Morgan fingerprint density at radius 1 is 1.37 bits per heavy atom. The van der Waals surface area contributed by atoms with Gasteiger partial charge in [-0.15, -0.1) is 0 Å². The molecular weight excluding hydrogens is 284 g/mol. The third-order valence-electron chi connectivity index (χ3n) is 2.16. The number of rotatable bonds is 6. The highest BCUT2D eigenvalue weighted by molar-refractivity contribution is 7.89. The summed E-state index contributed by atoms with van der Waals surface area (Å²) in [5.41, 5.74) is -0.253. The molecule has 0 aliphatic heterocycles. The van der Waals surface area contributed by atoms with E-state index in [1.54, 1.807) is 4.72 Å². The summed E-state index contributed by atoms with van der Waals surface area (Å²) in [5.74, 6) is -1.32. The van der Waals surface area contributed by atoms with E-state index in [2.05, 4.69) is 0 Å². The van der Waals surface area contributed by atoms with Gasteiger partial charge in [0.05, 0.1) is 10.5 Å². The van der Waals surface area contributed by atoms with Crippen molar-refractivity contribution in [1.29, 1.82) is 0 Å². The molecule has 1 unspecified atom stereocenters. The lowest BCUT2D eigenvalue weighted by Crippen LogP contribution is -2.35. The predicted octanol–water partition coefficient (Wildman–Crippen LogP) is 0.289. The molecule has 0 heterocycles. The number of benzene rings is 1. The van der Waals surface area contributed by atoms with Gasteiger partial charge in [0.15, 0.2) is 0 Å². The normalized spacial score (nSPS) is 13.5. The molecule has 0 aromatic heterocycles. The summed E-state index contributed by atoms with van der Waals surface area (Å²) in [4.78, 5) is 10.3. The van der Waals surface area contributed by atoms with Gasteiger partial charge in [-0.05, 0) is 18.2 Å². The number of sulfonamides is 1. The van der Waals surface area contributed by atoms with Gasteiger partial charge in [0.1, 0.15) is 6.10 Å². The van der Waals surface area contributed by atoms with Crippen LogP contribution < -0.4 is 4.72 Å². The van der Waals surface area contributed by atoms with Crippen molar-refractivity contribution >= 4 is 16.0 Å². The van der Waals surface area contributed by atoms with E-state index < -0.39 is 35.1 Å². The molecule has 0 spiro atoms. The molecule has 0 fully saturated rings. The molecule has 0 aliphatic carbocycles. The Morgan fingerprint density at radius 3 is 2.53 bits per heavy atom. The van der Waals surface area contributed by atoms with Gasteiger partial charge in [-0.25, -0.2) is 26.7 Å². The number of aromatic carboxylic acids is 1. The fourth-order valence-electron chi connectivity index (χ4n) is 1.16. The average Bonchev–Trinajstić information content (AvgIpc) is 2.36. The summed E-state index contributed by atoms with van der Waals surface area (Å²) in [5, 5.41) is 17.5. The van der Waals surface area contributed by atoms with Gasteiger partial charge < -0.3 is 10.2 Å². The summed E-state index contributed by atoms with van der Waals surface area (Å²) in [7, 11) is -4.15. The summed E-state index contributed by atoms with van der Waals surface area (Å²) in [6, 6.07) is 4.40. The van der Waals surface area contributed by atoms with Crippen molar-refractivity contribution in [2.24, 2.45) is 0 Å². The molecule has 0 saturated carbocycles. The second-order valence-corrected chi connectivity index (χ2v) is 5.35. The summed E-state index contributed by atoms with van der Waals surface area (Å²) in [6.07, 6.45) is -5.20. The molecule has 0 saturated heterocycles. The number of hydrogen-bond donors (Lipinski definition) is 3. The van der Waals surface area contributed by atoms with Crippen molar-refractivity contribution in [2.75, 3.05) is 6.54 Å². The maximum Gasteiger partial charge on any atom is 0.335 e. The third kappa shape index (κ3) is 4.23. The minimum atomic E-state index is -4.15. The minimum absolute atomic E-state index is 0.253. The molecule has 1 aromatic rings. The number of nitrogens with one attached hydrogen (secondary N) is 1. The van der Waals surface area contributed by atoms with Crippen molar-refractivity contribution in [1.82, 2.24) is 4.72 Å². The van der Waals surface area contributed by atoms with E-state index in [9.17, 15) is 22.0 Å². The average molecular weight is 295 g/mol. The SMILES string of the molecule is O=C(O)c1cccc(S(=O)(=O)NCC(O)C(F)F)c1. The van der Waals surface area contributed by atoms with E-state index in [1.165, 1.54) is 12.1 Å². The fourth-order valence-corrected chi connectivity index (χ4v) is 2.26. The Hall–Kier alpha value is -1.58. The quantitative estimate of drug-likeness (QED) is 0.700. The summed E-state index contributed by atoms with van der Waals surface area (Å²) >= 11 is 0. The number of carboxylic acids is 1. The maximum absolute atomic E-state index is 12.0. The van der Waals surface area contributed by atoms with Crippen LogP contribution in [-0.2, 0) is 10.0 Å². The summed E-state index contributed by atoms with van der Waals surface area (Å²) < 4.78 is 49.1. The molecule has 9 heteroatoms. The maximum atomic E-state index is 12.0. The van der Waals surface area contributed by atoms with Crippen LogP contribution in [0.2, 0.25) is 0 Å². The van der Waals surface area contributed by atoms with Gasteiger partial charge in [-0.2, -0.15) is 0 Å². The van der Waals surface area contributed by atoms with Gasteiger partial charge in [0.2, 0.25) is 10.0 Å². The lowest BCUT2D eigenvalue weighted by molar-refractivity contribution is -0.000451. The molecule has 0 aliphatic rings. The van der Waals surface area contributed by atoms with Gasteiger partial charge in [-0.3, -0.25) is 0 Å². The largest absolute Gasteiger partial charge is 0.478 e. The second kappa shape index (κ2) is 6.04. The number of hydrogen-bond acceptors (Lipinski definition) is 4. The predicted molar refractivity (Wildman–Crippen MR) is 60.6 cm³/mol. The highest BCUT2D eigenvalue weighted by Crippen LogP contribution is 2.12. The standard InChI is InChI=1S/C10H11F2NO5S/c11-9(12)8(14)5-13-19(17,18)7-3-1-2-6(4-7)10(15)16/h1-4,8-9,13-14H,5H2,(H,15,16). The third-order valence-corrected chi connectivity index (χ3v) is 3.59. The van der Waals surface area contributed by atoms with Crippen LogP contribution in [-0.4, -0.2) is 43.7 Å². The number of aliphatic hydroxyl groups excluding tert-OH is 1. The molecule has 0 amide bonds. The zero-order chi connectivity index (χ0) is 14.6. The van der Waals surface area contributed by atoms with Crippen molar-refractivity contribution in [2.45, 2.75) is 17.4 Å². The van der Waals surface area contributed by atoms with E-state index in [0.717, 1.165) is 12.1 Å². The smallest absolute Gasteiger partial charge is 0.335 e. The van der Waals surface area contributed by atoms with Crippen LogP contribution in [0.5, 0.6) is 0 Å². The van der Waals surface area contributed by atoms with E-state index in [4.69, 9.17) is 10.2 Å². The monoisotopic (exact) mass is 295 g/mol. The van der Waals surface area contributed by atoms with Crippen molar-refractivity contribution in [3.8, 4) is 0 Å². The molecule has 3 N–H and O–H groups in total. The molecule has 106 valence electrons. The van der Waals surface area contributed by atoms with E-state index in [1.807, 2.05) is 0 Å². The zero-order valence-electron chi connectivity index (χ0n) is 9.45. The Morgan fingerprint density at radius 2 is 2.00 bits per heavy atom. The molecule has 1 rings (SSSR count). The topological polar surface area (TPSA) is 104 Å². The van der Waals surface area contributed by atoms with Crippen molar-refractivity contribution in [3.05, 3.63) is 29.8 Å². The van der Waals surface area contributed by atoms with Gasteiger partial charge in [0, 0.05) is 6.54 Å². The van der Waals surface area contributed by atoms with Crippen LogP contribution in [0.4, 0.5) is 8.78 Å². The first-order chi connectivity index (χ1) is 8.74. The van der Waals surface area contributed by atoms with Gasteiger partial charge in [0.25, 0.3) is 6.43 Å². The van der Waals surface area contributed by atoms with Crippen molar-refractivity contribution < 1.29 is 32.2 Å². The molecule has 19 heavy (non-hydrogen) atoms. The van der Waals surface area contributed by atoms with Crippen LogP contribution in [0.15, 0.2) is 29.2 Å². The molecule has 1 atom stereocenters. The van der Waals surface area contributed by atoms with Crippen LogP contribution in [0.25, 0.3) is 0 Å². The molecular formula is C10H11F2NO5S. The Labute approximate surface area is 107 Å². The number of aliphatic hydroxyl groups is 1. The zero-order valence-corrected chi connectivity index (χ0v) is 10.3. The second-order valence-electron chi connectivity index (χ2n) is 3.59. The van der Waals surface area contributed by atoms with Crippen LogP contribution in [0.1, 0.15) is 10.4 Å². The van der Waals surface area contributed by atoms with Gasteiger partial charge >= 0.3 is 5.97 Å². The highest BCUT2D eigenvalue weighted by atomic mass is 32.2. The Bertz CT molecular complexity index is 561. The Kier molecular flexibility index (Phi) is 4.92. The molecule has 1 aromatic carbocycles. The molecule has 6 nitrogen and oxygen atoms in total. The van der Waals surface area contributed by atoms with E-state index >= 15 is 0 Å². The lowest BCUT2D eigenvalue weighted by atomic mass is 10.2. The first kappa shape index (κ1) is 15.5. The number of carboxylic acid groups (broad SMARTS) is 1. The van der Waals surface area contributed by atoms with Crippen LogP contribution >= 0.6 is 0 Å². The lowest BCUT2D eigenvalue weighted by Gasteiger charge is -2.11. The fraction of sp³-hybridized carbons (Fsp3) is 0.300. The van der Waals surface area contributed by atoms with Crippen molar-refractivity contribution in [3.63, 3.8) is 0 Å². The summed E-state index contributed by atoms with van der Waals surface area (Å²) in [6.45, 7) is -0.864. The van der Waals surface area contributed by atoms with E-state index in [0.29, 0.717) is 0 Å². The highest BCUT2D eigenvalue weighted by Gasteiger charge is 2.21. The van der Waals surface area contributed by atoms with E-state index in [-0.39, 0.29) is 10.5 Å². The molecule has 0 radical (unpaired) electrons. The number of halogens is 2. The number of carbonyl (C=O) groups is 1. The van der Waals surface area contributed by atoms with Crippen LogP contribution in [0, 0.1) is 0 Å². The first-order valence-electron chi connectivity index (χ1n) is 5.03. The Balaban J connectivity index is 2.89. The first-order valence-corrected chi connectivity index (χ1v) is 6.51. The minimum Gasteiger partial charge on any atom is -0.478 e. The van der Waals surface area contributed by atoms with Gasteiger partial charge in [-0.1, -0.05) is 6.07 Å². The van der Waals surface area contributed by atoms with Crippen LogP contribution in [0.3, 0.4) is 0 Å². The molecule has 0 bridgehead atoms. The number of alkyl halides is 2.